The number of aromatic nitrogens is 2. The molecule has 19 heavy (non-hydrogen) atoms. The van der Waals surface area contributed by atoms with Crippen molar-refractivity contribution in [2.75, 3.05) is 0 Å². The standard InChI is InChI=1S/C15H15N3S/c1-10-6-13(12-4-2-3-5-15(12)18-10)14(16)7-11-8-17-9-19-11/h2-6,8-9,14H,7,16H2,1H3. The first kappa shape index (κ1) is 12.3. The number of hydrogen-bond donors (Lipinski definition) is 1. The molecule has 3 rings (SSSR count). The minimum Gasteiger partial charge on any atom is -0.324 e. The second-order valence-electron chi connectivity index (χ2n) is 4.65. The number of aryl methyl sites for hydroxylation is 1. The first-order chi connectivity index (χ1) is 9.24. The molecule has 96 valence electrons. The molecule has 0 amide bonds. The first-order valence-corrected chi connectivity index (χ1v) is 7.11. The number of benzene rings is 1. The van der Waals surface area contributed by atoms with Crippen LogP contribution in [-0.2, 0) is 6.42 Å². The van der Waals surface area contributed by atoms with Gasteiger partial charge in [0.15, 0.2) is 0 Å². The minimum absolute atomic E-state index is 0.0213. The Morgan fingerprint density at radius 2 is 2.16 bits per heavy atom. The molecule has 0 aliphatic carbocycles. The summed E-state index contributed by atoms with van der Waals surface area (Å²) in [5.74, 6) is 0. The second kappa shape index (κ2) is 5.07. The maximum Gasteiger partial charge on any atom is 0.0794 e. The van der Waals surface area contributed by atoms with E-state index in [1.807, 2.05) is 36.8 Å². The van der Waals surface area contributed by atoms with Gasteiger partial charge in [0.1, 0.15) is 0 Å². The highest BCUT2D eigenvalue weighted by Gasteiger charge is 2.12. The molecule has 0 saturated carbocycles. The Hall–Kier alpha value is -1.78. The number of pyridine rings is 1. The van der Waals surface area contributed by atoms with Crippen LogP contribution in [0.25, 0.3) is 10.9 Å². The third-order valence-electron chi connectivity index (χ3n) is 3.18. The monoisotopic (exact) mass is 269 g/mol. The largest absolute Gasteiger partial charge is 0.324 e. The van der Waals surface area contributed by atoms with Gasteiger partial charge < -0.3 is 5.73 Å². The minimum atomic E-state index is -0.0213. The van der Waals surface area contributed by atoms with Crippen LogP contribution < -0.4 is 5.73 Å². The molecule has 0 aliphatic heterocycles. The summed E-state index contributed by atoms with van der Waals surface area (Å²) < 4.78 is 0. The van der Waals surface area contributed by atoms with E-state index in [1.165, 1.54) is 4.88 Å². The van der Waals surface area contributed by atoms with E-state index in [4.69, 9.17) is 5.73 Å². The highest BCUT2D eigenvalue weighted by atomic mass is 32.1. The average Bonchev–Trinajstić information content (AvgIpc) is 2.90. The number of rotatable bonds is 3. The molecule has 4 heteroatoms. The molecule has 0 bridgehead atoms. The van der Waals surface area contributed by atoms with Crippen LogP contribution in [0.3, 0.4) is 0 Å². The summed E-state index contributed by atoms with van der Waals surface area (Å²) >= 11 is 1.65. The lowest BCUT2D eigenvalue weighted by molar-refractivity contribution is 0.733. The molecule has 0 aliphatic rings. The van der Waals surface area contributed by atoms with E-state index in [0.717, 1.165) is 28.6 Å². The van der Waals surface area contributed by atoms with E-state index in [9.17, 15) is 0 Å². The Labute approximate surface area is 116 Å². The van der Waals surface area contributed by atoms with E-state index in [-0.39, 0.29) is 6.04 Å². The molecule has 0 radical (unpaired) electrons. The highest BCUT2D eigenvalue weighted by molar-refractivity contribution is 7.09. The third-order valence-corrected chi connectivity index (χ3v) is 3.98. The summed E-state index contributed by atoms with van der Waals surface area (Å²) in [6.07, 6.45) is 2.71. The van der Waals surface area contributed by atoms with Gasteiger partial charge in [-0.3, -0.25) is 9.97 Å². The van der Waals surface area contributed by atoms with Gasteiger partial charge in [0.2, 0.25) is 0 Å². The Bertz CT molecular complexity index is 692. The van der Waals surface area contributed by atoms with Crippen molar-refractivity contribution in [3.05, 3.63) is 58.2 Å². The molecule has 2 heterocycles. The molecular weight excluding hydrogens is 254 g/mol. The summed E-state index contributed by atoms with van der Waals surface area (Å²) in [4.78, 5) is 9.86. The van der Waals surface area contributed by atoms with Crippen LogP contribution in [0.4, 0.5) is 0 Å². The molecule has 0 saturated heterocycles. The first-order valence-electron chi connectivity index (χ1n) is 6.23. The Morgan fingerprint density at radius 1 is 1.32 bits per heavy atom. The van der Waals surface area contributed by atoms with E-state index in [0.29, 0.717) is 0 Å². The van der Waals surface area contributed by atoms with Gasteiger partial charge in [0, 0.05) is 34.6 Å². The van der Waals surface area contributed by atoms with Crippen LogP contribution in [-0.4, -0.2) is 9.97 Å². The number of fused-ring (bicyclic) bond motifs is 1. The summed E-state index contributed by atoms with van der Waals surface area (Å²) in [5, 5.41) is 1.14. The van der Waals surface area contributed by atoms with Gasteiger partial charge >= 0.3 is 0 Å². The second-order valence-corrected chi connectivity index (χ2v) is 5.62. The lowest BCUT2D eigenvalue weighted by Gasteiger charge is -2.14. The van der Waals surface area contributed by atoms with Crippen molar-refractivity contribution in [3.63, 3.8) is 0 Å². The SMILES string of the molecule is Cc1cc(C(N)Cc2cncs2)c2ccccc2n1. The highest BCUT2D eigenvalue weighted by Crippen LogP contribution is 2.25. The number of nitrogens with two attached hydrogens (primary N) is 1. The van der Waals surface area contributed by atoms with Crippen LogP contribution in [0.2, 0.25) is 0 Å². The molecule has 1 unspecified atom stereocenters. The number of nitrogens with zero attached hydrogens (tertiary/aromatic N) is 2. The van der Waals surface area contributed by atoms with Crippen LogP contribution >= 0.6 is 11.3 Å². The summed E-state index contributed by atoms with van der Waals surface area (Å²) in [7, 11) is 0. The van der Waals surface area contributed by atoms with Gasteiger partial charge in [-0.15, -0.1) is 11.3 Å². The predicted molar refractivity (Wildman–Crippen MR) is 79.2 cm³/mol. The fourth-order valence-electron chi connectivity index (χ4n) is 2.32. The van der Waals surface area contributed by atoms with Crippen molar-refractivity contribution in [2.45, 2.75) is 19.4 Å². The van der Waals surface area contributed by atoms with Crippen molar-refractivity contribution < 1.29 is 0 Å². The maximum absolute atomic E-state index is 6.37. The van der Waals surface area contributed by atoms with Gasteiger partial charge in [-0.25, -0.2) is 0 Å². The summed E-state index contributed by atoms with van der Waals surface area (Å²) in [6, 6.07) is 10.2. The zero-order valence-corrected chi connectivity index (χ0v) is 11.5. The Morgan fingerprint density at radius 3 is 2.95 bits per heavy atom. The van der Waals surface area contributed by atoms with Crippen molar-refractivity contribution in [1.82, 2.24) is 9.97 Å². The molecule has 1 aromatic carbocycles. The molecule has 2 aromatic heterocycles. The number of thiazole rings is 1. The average molecular weight is 269 g/mol. The smallest absolute Gasteiger partial charge is 0.0794 e. The van der Waals surface area contributed by atoms with E-state index < -0.39 is 0 Å². The van der Waals surface area contributed by atoms with Crippen LogP contribution in [0.1, 0.15) is 22.2 Å². The molecular formula is C15H15N3S. The molecule has 0 spiro atoms. The van der Waals surface area contributed by atoms with Gasteiger partial charge in [-0.1, -0.05) is 18.2 Å². The Kier molecular flexibility index (Phi) is 3.27. The van der Waals surface area contributed by atoms with Gasteiger partial charge in [-0.05, 0) is 24.6 Å². The zero-order chi connectivity index (χ0) is 13.2. The summed E-state index contributed by atoms with van der Waals surface area (Å²) in [5.41, 5.74) is 11.4. The predicted octanol–water partition coefficient (Wildman–Crippen LogP) is 3.24. The van der Waals surface area contributed by atoms with Gasteiger partial charge in [0.05, 0.1) is 11.0 Å². The van der Waals surface area contributed by atoms with Crippen LogP contribution in [0, 0.1) is 6.92 Å². The number of para-hydroxylation sites is 1. The fourth-order valence-corrected chi connectivity index (χ4v) is 2.97. The van der Waals surface area contributed by atoms with Crippen molar-refractivity contribution in [3.8, 4) is 0 Å². The Balaban J connectivity index is 2.03. The molecule has 3 nitrogen and oxygen atoms in total. The normalized spacial score (nSPS) is 12.7. The summed E-state index contributed by atoms with van der Waals surface area (Å²) in [6.45, 7) is 2.01. The molecule has 1 atom stereocenters. The van der Waals surface area contributed by atoms with Crippen LogP contribution in [0.5, 0.6) is 0 Å². The topological polar surface area (TPSA) is 51.8 Å². The number of hydrogen-bond acceptors (Lipinski definition) is 4. The third kappa shape index (κ3) is 2.50. The molecule has 3 aromatic rings. The van der Waals surface area contributed by atoms with Crippen molar-refractivity contribution >= 4 is 22.2 Å². The van der Waals surface area contributed by atoms with Gasteiger partial charge in [-0.2, -0.15) is 0 Å². The van der Waals surface area contributed by atoms with Crippen molar-refractivity contribution in [2.24, 2.45) is 5.73 Å². The zero-order valence-electron chi connectivity index (χ0n) is 10.7. The lowest BCUT2D eigenvalue weighted by Crippen LogP contribution is -2.13. The van der Waals surface area contributed by atoms with Gasteiger partial charge in [0.25, 0.3) is 0 Å². The van der Waals surface area contributed by atoms with E-state index >= 15 is 0 Å². The quantitative estimate of drug-likeness (QED) is 0.794. The fraction of sp³-hybridized carbons (Fsp3) is 0.200. The van der Waals surface area contributed by atoms with Crippen molar-refractivity contribution in [1.29, 1.82) is 0 Å². The van der Waals surface area contributed by atoms with Crippen LogP contribution in [0.15, 0.2) is 42.0 Å². The maximum atomic E-state index is 6.37. The van der Waals surface area contributed by atoms with E-state index in [1.54, 1.807) is 11.3 Å². The van der Waals surface area contributed by atoms with E-state index in [2.05, 4.69) is 22.1 Å². The molecule has 0 fully saturated rings. The lowest BCUT2D eigenvalue weighted by atomic mass is 9.99. The molecule has 2 N–H and O–H groups in total.